The Labute approximate surface area is 248 Å². The highest BCUT2D eigenvalue weighted by atomic mass is 32.2. The largest absolute Gasteiger partial charge is 0.464 e. The van der Waals surface area contributed by atoms with E-state index in [1.165, 1.54) is 11.3 Å². The minimum absolute atomic E-state index is 0.0290. The van der Waals surface area contributed by atoms with E-state index in [9.17, 15) is 27.5 Å². The van der Waals surface area contributed by atoms with Crippen LogP contribution in [0.25, 0.3) is 0 Å². The second-order valence-corrected chi connectivity index (χ2v) is 13.3. The first kappa shape index (κ1) is 31.9. The van der Waals surface area contributed by atoms with Crippen molar-refractivity contribution in [2.75, 3.05) is 45.5 Å². The number of hydrogen-bond acceptors (Lipinski definition) is 6. The molecule has 2 saturated heterocycles. The summed E-state index contributed by atoms with van der Waals surface area (Å²) in [5, 5.41) is 13.4. The van der Waals surface area contributed by atoms with Gasteiger partial charge < -0.3 is 14.9 Å². The van der Waals surface area contributed by atoms with Crippen molar-refractivity contribution in [2.24, 2.45) is 0 Å². The van der Waals surface area contributed by atoms with Crippen molar-refractivity contribution in [3.05, 3.63) is 65.7 Å². The third-order valence-corrected chi connectivity index (χ3v) is 9.59. The number of alkyl halides is 1. The molecule has 0 spiro atoms. The number of carbonyl (C=O) groups excluding carboxylic acids is 1. The molecule has 0 aromatic heterocycles. The average Bonchev–Trinajstić information content (AvgIpc) is 2.97. The molecule has 9 nitrogen and oxygen atoms in total. The Hall–Kier alpha value is -3.02. The average molecular weight is 603 g/mol. The number of benzene rings is 2. The van der Waals surface area contributed by atoms with E-state index in [1.807, 2.05) is 42.2 Å². The Bertz CT molecular complexity index is 1280. The maximum Gasteiger partial charge on any atom is 0.422 e. The van der Waals surface area contributed by atoms with Crippen LogP contribution < -0.4 is 0 Å². The zero-order chi connectivity index (χ0) is 30.3. The van der Waals surface area contributed by atoms with Crippen LogP contribution in [0.4, 0.5) is 9.18 Å². The van der Waals surface area contributed by atoms with Gasteiger partial charge in [-0.2, -0.15) is 0 Å². The number of likely N-dealkylation sites (tertiary alicyclic amines) is 1. The summed E-state index contributed by atoms with van der Waals surface area (Å²) >= 11 is 0. The van der Waals surface area contributed by atoms with Gasteiger partial charge in [0.05, 0.1) is 17.4 Å². The van der Waals surface area contributed by atoms with Crippen LogP contribution in [0.1, 0.15) is 56.2 Å². The van der Waals surface area contributed by atoms with Crippen molar-refractivity contribution in [3.63, 3.8) is 0 Å². The zero-order valence-corrected chi connectivity index (χ0v) is 25.4. The fraction of sp³-hybridized carbons (Fsp3) is 0.548. The minimum Gasteiger partial charge on any atom is -0.464 e. The number of sulfone groups is 1. The minimum atomic E-state index is -3.28. The van der Waals surface area contributed by atoms with E-state index >= 15 is 0 Å². The van der Waals surface area contributed by atoms with Crippen molar-refractivity contribution in [1.29, 1.82) is 0 Å². The predicted molar refractivity (Wildman–Crippen MR) is 159 cm³/mol. The second kappa shape index (κ2) is 14.4. The van der Waals surface area contributed by atoms with Crippen molar-refractivity contribution in [2.45, 2.75) is 68.6 Å². The van der Waals surface area contributed by atoms with Gasteiger partial charge in [-0.25, -0.2) is 27.6 Å². The van der Waals surface area contributed by atoms with E-state index in [-0.39, 0.29) is 29.3 Å². The molecule has 11 heteroatoms. The van der Waals surface area contributed by atoms with Crippen LogP contribution >= 0.6 is 0 Å². The van der Waals surface area contributed by atoms with Crippen molar-refractivity contribution in [3.8, 4) is 0 Å². The molecule has 0 bridgehead atoms. The smallest absolute Gasteiger partial charge is 0.422 e. The standard InChI is InChI=1S/C31H43FN4O5S/c1-3-35(30(37)23-24-9-11-28(12-10-24)42(2,40)41)27-15-18-33(19-16-27)20-17-29(25-7-5-4-6-8-25)36(31(38)39)34-21-13-26(32)14-22-34/h4-12,26-27,29H,3,13-23H2,1-2H3,(H,38,39). The maximum absolute atomic E-state index is 13.8. The number of likely N-dealkylation sites (N-methyl/N-ethyl adjacent to an activating group) is 1. The lowest BCUT2D eigenvalue weighted by Gasteiger charge is -2.42. The van der Waals surface area contributed by atoms with Crippen LogP contribution in [0.3, 0.4) is 0 Å². The van der Waals surface area contributed by atoms with Gasteiger partial charge >= 0.3 is 6.09 Å². The summed E-state index contributed by atoms with van der Waals surface area (Å²) in [6.07, 6.45) is 2.40. The lowest BCUT2D eigenvalue weighted by molar-refractivity contribution is -0.133. The molecule has 2 aliphatic heterocycles. The van der Waals surface area contributed by atoms with Crippen LogP contribution in [0.15, 0.2) is 59.5 Å². The first-order valence-corrected chi connectivity index (χ1v) is 16.7. The van der Waals surface area contributed by atoms with Crippen LogP contribution in [0.5, 0.6) is 0 Å². The fourth-order valence-electron chi connectivity index (χ4n) is 6.13. The lowest BCUT2D eigenvalue weighted by atomic mass is 9.99. The molecule has 2 fully saturated rings. The van der Waals surface area contributed by atoms with E-state index in [4.69, 9.17) is 0 Å². The Kier molecular flexibility index (Phi) is 11.0. The van der Waals surface area contributed by atoms with Crippen LogP contribution in [-0.4, -0.2) is 103 Å². The number of piperidine rings is 2. The molecule has 1 N–H and O–H groups in total. The number of carbonyl (C=O) groups is 2. The number of amides is 2. The third-order valence-electron chi connectivity index (χ3n) is 8.47. The Morgan fingerprint density at radius 3 is 2.14 bits per heavy atom. The predicted octanol–water partition coefficient (Wildman–Crippen LogP) is 4.41. The number of carboxylic acid groups (broad SMARTS) is 1. The van der Waals surface area contributed by atoms with Crippen molar-refractivity contribution >= 4 is 21.8 Å². The molecule has 0 saturated carbocycles. The van der Waals surface area contributed by atoms with Crippen LogP contribution in [0, 0.1) is 0 Å². The van der Waals surface area contributed by atoms with Crippen LogP contribution in [-0.2, 0) is 21.1 Å². The van der Waals surface area contributed by atoms with E-state index in [2.05, 4.69) is 4.90 Å². The number of halogens is 1. The first-order valence-electron chi connectivity index (χ1n) is 14.8. The molecule has 1 atom stereocenters. The molecule has 2 aromatic rings. The normalized spacial score (nSPS) is 18.5. The van der Waals surface area contributed by atoms with E-state index in [1.54, 1.807) is 29.3 Å². The molecular weight excluding hydrogens is 559 g/mol. The Morgan fingerprint density at radius 2 is 1.60 bits per heavy atom. The molecule has 2 heterocycles. The number of rotatable bonds is 11. The SMILES string of the molecule is CCN(C(=O)Cc1ccc(S(C)(=O)=O)cc1)C1CCN(CCC(c2ccccc2)N(C(=O)O)N2CCC(F)CC2)CC1. The van der Waals surface area contributed by atoms with E-state index in [0.717, 1.165) is 37.1 Å². The third kappa shape index (κ3) is 8.29. The topological polar surface area (TPSA) is 101 Å². The Morgan fingerprint density at radius 1 is 0.976 bits per heavy atom. The fourth-order valence-corrected chi connectivity index (χ4v) is 6.77. The molecule has 2 aromatic carbocycles. The first-order chi connectivity index (χ1) is 20.1. The quantitative estimate of drug-likeness (QED) is 0.407. The lowest BCUT2D eigenvalue weighted by Crippen LogP contribution is -2.52. The number of nitrogens with zero attached hydrogens (tertiary/aromatic N) is 4. The summed E-state index contributed by atoms with van der Waals surface area (Å²) in [5.41, 5.74) is 1.71. The monoisotopic (exact) mass is 602 g/mol. The molecule has 2 aliphatic rings. The highest BCUT2D eigenvalue weighted by Crippen LogP contribution is 2.30. The molecule has 4 rings (SSSR count). The van der Waals surface area contributed by atoms with Crippen molar-refractivity contribution in [1.82, 2.24) is 19.8 Å². The van der Waals surface area contributed by atoms with Gasteiger partial charge in [0.2, 0.25) is 5.91 Å². The molecule has 1 unspecified atom stereocenters. The summed E-state index contributed by atoms with van der Waals surface area (Å²) in [6, 6.07) is 15.9. The Balaban J connectivity index is 1.35. The van der Waals surface area contributed by atoms with Gasteiger partial charge in [0.25, 0.3) is 0 Å². The molecule has 42 heavy (non-hydrogen) atoms. The van der Waals surface area contributed by atoms with Gasteiger partial charge in [0.15, 0.2) is 9.84 Å². The molecule has 0 aliphatic carbocycles. The van der Waals surface area contributed by atoms with Gasteiger partial charge in [-0.3, -0.25) is 4.79 Å². The second-order valence-electron chi connectivity index (χ2n) is 11.3. The summed E-state index contributed by atoms with van der Waals surface area (Å²) in [5.74, 6) is 0.0290. The molecule has 230 valence electrons. The van der Waals surface area contributed by atoms with Gasteiger partial charge in [-0.1, -0.05) is 42.5 Å². The highest BCUT2D eigenvalue weighted by Gasteiger charge is 2.34. The number of hydrogen-bond donors (Lipinski definition) is 1. The van der Waals surface area contributed by atoms with Gasteiger partial charge in [-0.15, -0.1) is 0 Å². The summed E-state index contributed by atoms with van der Waals surface area (Å²) < 4.78 is 37.3. The van der Waals surface area contributed by atoms with Crippen LogP contribution in [0.2, 0.25) is 0 Å². The zero-order valence-electron chi connectivity index (χ0n) is 24.6. The van der Waals surface area contributed by atoms with E-state index in [0.29, 0.717) is 45.4 Å². The molecule has 2 amide bonds. The molecular formula is C31H43FN4O5S. The maximum atomic E-state index is 13.8. The van der Waals surface area contributed by atoms with Crippen molar-refractivity contribution < 1.29 is 27.5 Å². The van der Waals surface area contributed by atoms with Gasteiger partial charge in [0.1, 0.15) is 6.17 Å². The summed E-state index contributed by atoms with van der Waals surface area (Å²) in [7, 11) is -3.28. The van der Waals surface area contributed by atoms with E-state index < -0.39 is 22.1 Å². The summed E-state index contributed by atoms with van der Waals surface area (Å²) in [4.78, 5) is 30.2. The summed E-state index contributed by atoms with van der Waals surface area (Å²) in [6.45, 7) is 5.66. The highest BCUT2D eigenvalue weighted by molar-refractivity contribution is 7.90. The number of hydrazine groups is 1. The molecule has 0 radical (unpaired) electrons. The van der Waals surface area contributed by atoms with Gasteiger partial charge in [-0.05, 0) is 62.3 Å². The van der Waals surface area contributed by atoms with Gasteiger partial charge in [0, 0.05) is 51.6 Å².